The maximum atomic E-state index is 12.9. The molecule has 0 atom stereocenters. The molecule has 0 bridgehead atoms. The molecular formula is C16H14F3N3. The number of hydrogen-bond donors (Lipinski definition) is 0. The van der Waals surface area contributed by atoms with Gasteiger partial charge in [-0.15, -0.1) is 0 Å². The molecule has 6 heteroatoms. The fraction of sp³-hybridized carbons (Fsp3) is 0.188. The summed E-state index contributed by atoms with van der Waals surface area (Å²) in [6.07, 6.45) is -2.76. The van der Waals surface area contributed by atoms with E-state index in [2.05, 4.69) is 4.99 Å². The van der Waals surface area contributed by atoms with Crippen LogP contribution in [0.15, 0.2) is 53.5 Å². The van der Waals surface area contributed by atoms with Crippen molar-refractivity contribution in [1.29, 1.82) is 0 Å². The Morgan fingerprint density at radius 3 is 2.50 bits per heavy atom. The van der Waals surface area contributed by atoms with Crippen molar-refractivity contribution >= 4 is 17.6 Å². The minimum absolute atomic E-state index is 0.277. The molecule has 0 spiro atoms. The summed E-state index contributed by atoms with van der Waals surface area (Å²) in [5.74, 6) is 0. The van der Waals surface area contributed by atoms with Crippen molar-refractivity contribution in [2.45, 2.75) is 6.18 Å². The van der Waals surface area contributed by atoms with Gasteiger partial charge in [0.05, 0.1) is 16.9 Å². The van der Waals surface area contributed by atoms with Crippen LogP contribution in [0, 0.1) is 0 Å². The van der Waals surface area contributed by atoms with Crippen molar-refractivity contribution in [3.8, 4) is 0 Å². The van der Waals surface area contributed by atoms with E-state index in [0.717, 1.165) is 11.8 Å². The highest BCUT2D eigenvalue weighted by atomic mass is 19.4. The molecule has 1 aliphatic rings. The van der Waals surface area contributed by atoms with Crippen LogP contribution in [0.4, 0.5) is 24.5 Å². The number of para-hydroxylation sites is 1. The molecule has 0 saturated carbocycles. The van der Waals surface area contributed by atoms with E-state index in [1.807, 2.05) is 30.3 Å². The molecule has 3 nitrogen and oxygen atoms in total. The highest BCUT2D eigenvalue weighted by Gasteiger charge is 2.32. The van der Waals surface area contributed by atoms with E-state index in [1.165, 1.54) is 12.1 Å². The van der Waals surface area contributed by atoms with Gasteiger partial charge in [-0.3, -0.25) is 15.0 Å². The number of rotatable bonds is 2. The van der Waals surface area contributed by atoms with Gasteiger partial charge in [0.1, 0.15) is 6.67 Å². The quantitative estimate of drug-likeness (QED) is 0.836. The molecule has 0 aromatic heterocycles. The first-order valence-electron chi connectivity index (χ1n) is 6.74. The third kappa shape index (κ3) is 2.64. The van der Waals surface area contributed by atoms with Gasteiger partial charge < -0.3 is 0 Å². The summed E-state index contributed by atoms with van der Waals surface area (Å²) in [5, 5.41) is 3.52. The number of hydrogen-bond acceptors (Lipinski definition) is 3. The second kappa shape index (κ2) is 5.36. The fourth-order valence-electron chi connectivity index (χ4n) is 2.38. The van der Waals surface area contributed by atoms with Crippen LogP contribution >= 0.6 is 0 Å². The molecule has 0 saturated heterocycles. The van der Waals surface area contributed by atoms with Crippen molar-refractivity contribution in [3.05, 3.63) is 59.7 Å². The molecule has 2 aromatic rings. The van der Waals surface area contributed by atoms with Gasteiger partial charge in [-0.05, 0) is 24.3 Å². The van der Waals surface area contributed by atoms with Crippen molar-refractivity contribution in [2.24, 2.45) is 4.99 Å². The maximum absolute atomic E-state index is 12.9. The van der Waals surface area contributed by atoms with Crippen molar-refractivity contribution < 1.29 is 13.2 Å². The maximum Gasteiger partial charge on any atom is 0.416 e. The average Bonchev–Trinajstić information content (AvgIpc) is 2.53. The fourth-order valence-corrected chi connectivity index (χ4v) is 2.38. The summed E-state index contributed by atoms with van der Waals surface area (Å²) in [5.41, 5.74) is 1.38. The minimum Gasteiger partial charge on any atom is -0.287 e. The second-order valence-corrected chi connectivity index (χ2v) is 4.98. The molecule has 1 heterocycles. The van der Waals surface area contributed by atoms with E-state index >= 15 is 0 Å². The smallest absolute Gasteiger partial charge is 0.287 e. The number of fused-ring (bicyclic) bond motifs is 1. The molecular weight excluding hydrogens is 291 g/mol. The number of halogens is 3. The Balaban J connectivity index is 2.01. The molecule has 0 unspecified atom stereocenters. The zero-order valence-electron chi connectivity index (χ0n) is 11.9. The van der Waals surface area contributed by atoms with Gasteiger partial charge in [0.2, 0.25) is 0 Å². The Morgan fingerprint density at radius 1 is 1.09 bits per heavy atom. The van der Waals surface area contributed by atoms with Crippen LogP contribution in [0.25, 0.3) is 0 Å². The Morgan fingerprint density at radius 2 is 1.82 bits per heavy atom. The lowest BCUT2D eigenvalue weighted by atomic mass is 10.1. The van der Waals surface area contributed by atoms with E-state index in [4.69, 9.17) is 0 Å². The lowest BCUT2D eigenvalue weighted by Crippen LogP contribution is -2.42. The molecule has 3 rings (SSSR count). The Bertz CT molecular complexity index is 696. The van der Waals surface area contributed by atoms with Crippen LogP contribution in [-0.2, 0) is 6.18 Å². The third-order valence-electron chi connectivity index (χ3n) is 3.57. The minimum atomic E-state index is -4.36. The molecule has 0 aliphatic carbocycles. The predicted octanol–water partition coefficient (Wildman–Crippen LogP) is 3.95. The van der Waals surface area contributed by atoms with Crippen LogP contribution in [0.2, 0.25) is 0 Å². The van der Waals surface area contributed by atoms with E-state index in [9.17, 15) is 13.2 Å². The van der Waals surface area contributed by atoms with Gasteiger partial charge in [-0.25, -0.2) is 0 Å². The highest BCUT2D eigenvalue weighted by molar-refractivity contribution is 5.90. The number of hydrazine groups is 1. The monoisotopic (exact) mass is 305 g/mol. The van der Waals surface area contributed by atoms with Crippen LogP contribution in [0.1, 0.15) is 11.1 Å². The van der Waals surface area contributed by atoms with Gasteiger partial charge >= 0.3 is 6.18 Å². The van der Waals surface area contributed by atoms with E-state index in [1.54, 1.807) is 23.3 Å². The summed E-state index contributed by atoms with van der Waals surface area (Å²) in [6.45, 7) is 0.277. The first kappa shape index (κ1) is 14.4. The van der Waals surface area contributed by atoms with Gasteiger partial charge in [0, 0.05) is 18.8 Å². The average molecular weight is 305 g/mol. The number of aliphatic imine (C=N–C) groups is 1. The van der Waals surface area contributed by atoms with Crippen LogP contribution in [0.3, 0.4) is 0 Å². The Kier molecular flexibility index (Phi) is 3.52. The summed E-state index contributed by atoms with van der Waals surface area (Å²) in [4.78, 5) is 4.22. The van der Waals surface area contributed by atoms with Crippen molar-refractivity contribution in [2.75, 3.05) is 23.7 Å². The molecule has 0 fully saturated rings. The first-order chi connectivity index (χ1) is 10.5. The van der Waals surface area contributed by atoms with Gasteiger partial charge in [-0.2, -0.15) is 13.2 Å². The topological polar surface area (TPSA) is 18.8 Å². The van der Waals surface area contributed by atoms with Gasteiger partial charge in [0.15, 0.2) is 0 Å². The zero-order chi connectivity index (χ0) is 15.7. The number of nitrogens with zero attached hydrogens (tertiary/aromatic N) is 3. The standard InChI is InChI=1S/C16H14F3N3/c1-21(14-5-3-2-4-6-14)22-11-20-10-12-7-8-13(9-15(12)22)16(17,18)19/h2-10H,11H2,1H3. The summed E-state index contributed by atoms with van der Waals surface area (Å²) >= 11 is 0. The molecule has 2 aromatic carbocycles. The second-order valence-electron chi connectivity index (χ2n) is 4.98. The number of anilines is 2. The van der Waals surface area contributed by atoms with Crippen LogP contribution < -0.4 is 10.0 Å². The van der Waals surface area contributed by atoms with E-state index < -0.39 is 11.7 Å². The molecule has 1 aliphatic heterocycles. The van der Waals surface area contributed by atoms with E-state index in [-0.39, 0.29) is 6.67 Å². The van der Waals surface area contributed by atoms with Crippen LogP contribution in [0.5, 0.6) is 0 Å². The van der Waals surface area contributed by atoms with Gasteiger partial charge in [0.25, 0.3) is 0 Å². The summed E-state index contributed by atoms with van der Waals surface area (Å²) < 4.78 is 38.8. The lowest BCUT2D eigenvalue weighted by molar-refractivity contribution is -0.137. The number of benzene rings is 2. The SMILES string of the molecule is CN(c1ccccc1)N1CN=Cc2ccc(C(F)(F)F)cc21. The van der Waals surface area contributed by atoms with E-state index in [0.29, 0.717) is 11.3 Å². The molecule has 0 amide bonds. The van der Waals surface area contributed by atoms with Crippen LogP contribution in [-0.4, -0.2) is 19.9 Å². The molecule has 114 valence electrons. The van der Waals surface area contributed by atoms with Crippen molar-refractivity contribution in [3.63, 3.8) is 0 Å². The lowest BCUT2D eigenvalue weighted by Gasteiger charge is -2.37. The largest absolute Gasteiger partial charge is 0.416 e. The molecule has 22 heavy (non-hydrogen) atoms. The van der Waals surface area contributed by atoms with Gasteiger partial charge in [-0.1, -0.05) is 24.3 Å². The predicted molar refractivity (Wildman–Crippen MR) is 81.2 cm³/mol. The Hall–Kier alpha value is -2.50. The highest BCUT2D eigenvalue weighted by Crippen LogP contribution is 2.35. The molecule has 0 radical (unpaired) electrons. The normalized spacial score (nSPS) is 13.9. The summed E-state index contributed by atoms with van der Waals surface area (Å²) in [6, 6.07) is 13.1. The molecule has 0 N–H and O–H groups in total. The summed E-state index contributed by atoms with van der Waals surface area (Å²) in [7, 11) is 1.81. The Labute approximate surface area is 126 Å². The number of alkyl halides is 3. The third-order valence-corrected chi connectivity index (χ3v) is 3.57. The van der Waals surface area contributed by atoms with Crippen molar-refractivity contribution in [1.82, 2.24) is 0 Å². The zero-order valence-corrected chi connectivity index (χ0v) is 11.9. The first-order valence-corrected chi connectivity index (χ1v) is 6.74.